The molecule has 32 heavy (non-hydrogen) atoms. The number of benzene rings is 1. The Morgan fingerprint density at radius 3 is 2.66 bits per heavy atom. The molecular weight excluding hydrogens is 404 g/mol. The zero-order valence-corrected chi connectivity index (χ0v) is 17.6. The summed E-state index contributed by atoms with van der Waals surface area (Å²) in [6.07, 6.45) is 5.77. The summed E-state index contributed by atoms with van der Waals surface area (Å²) >= 11 is 0. The van der Waals surface area contributed by atoms with Crippen LogP contribution in [0.1, 0.15) is 16.8 Å². The molecule has 8 nitrogen and oxygen atoms in total. The number of pyridine rings is 2. The number of rotatable bonds is 8. The Labute approximate surface area is 185 Å². The second kappa shape index (κ2) is 10.2. The maximum Gasteiger partial charge on any atom is 0.319 e. The topological polar surface area (TPSA) is 106 Å². The van der Waals surface area contributed by atoms with E-state index in [1.165, 1.54) is 0 Å². The van der Waals surface area contributed by atoms with Crippen molar-refractivity contribution in [3.05, 3.63) is 90.0 Å². The minimum absolute atomic E-state index is 0.188. The van der Waals surface area contributed by atoms with Crippen molar-refractivity contribution in [2.45, 2.75) is 19.9 Å². The Kier molecular flexibility index (Phi) is 6.72. The molecule has 160 valence electrons. The summed E-state index contributed by atoms with van der Waals surface area (Å²) in [6, 6.07) is 16.8. The fourth-order valence-electron chi connectivity index (χ4n) is 3.02. The van der Waals surface area contributed by atoms with Crippen LogP contribution in [0.5, 0.6) is 11.8 Å². The molecule has 1 aromatic carbocycles. The average Bonchev–Trinajstić information content (AvgIpc) is 2.82. The SMILES string of the molecule is Cc1ccc(O)c(CN=Nc2cc(-c3ccncc3)nc(OCCc3ccccn3)n2)c1. The van der Waals surface area contributed by atoms with Crippen LogP contribution >= 0.6 is 0 Å². The van der Waals surface area contributed by atoms with E-state index in [1.807, 2.05) is 49.4 Å². The maximum absolute atomic E-state index is 10.0. The predicted octanol–water partition coefficient (Wildman–Crippen LogP) is 4.85. The van der Waals surface area contributed by atoms with Gasteiger partial charge in [-0.15, -0.1) is 5.11 Å². The first kappa shape index (κ1) is 21.0. The highest BCUT2D eigenvalue weighted by Crippen LogP contribution is 2.25. The van der Waals surface area contributed by atoms with Gasteiger partial charge >= 0.3 is 6.01 Å². The van der Waals surface area contributed by atoms with Gasteiger partial charge in [-0.25, -0.2) is 0 Å². The third-order valence-corrected chi connectivity index (χ3v) is 4.63. The molecule has 0 saturated heterocycles. The van der Waals surface area contributed by atoms with E-state index in [0.29, 0.717) is 30.1 Å². The molecule has 0 aliphatic carbocycles. The molecule has 0 atom stereocenters. The monoisotopic (exact) mass is 426 g/mol. The molecule has 0 spiro atoms. The maximum atomic E-state index is 10.0. The van der Waals surface area contributed by atoms with Crippen molar-refractivity contribution in [1.29, 1.82) is 0 Å². The second-order valence-electron chi connectivity index (χ2n) is 7.08. The van der Waals surface area contributed by atoms with Crippen molar-refractivity contribution >= 4 is 5.82 Å². The third kappa shape index (κ3) is 5.69. The number of aromatic hydroxyl groups is 1. The van der Waals surface area contributed by atoms with Gasteiger partial charge < -0.3 is 9.84 Å². The normalized spacial score (nSPS) is 11.0. The summed E-state index contributed by atoms with van der Waals surface area (Å²) in [6.45, 7) is 2.57. The van der Waals surface area contributed by atoms with Crippen LogP contribution in [0.2, 0.25) is 0 Å². The molecule has 0 radical (unpaired) electrons. The number of aryl methyl sites for hydroxylation is 1. The van der Waals surface area contributed by atoms with Crippen molar-refractivity contribution in [3.8, 4) is 23.0 Å². The van der Waals surface area contributed by atoms with E-state index in [9.17, 15) is 5.11 Å². The number of hydrogen-bond donors (Lipinski definition) is 1. The summed E-state index contributed by atoms with van der Waals surface area (Å²) in [4.78, 5) is 17.2. The van der Waals surface area contributed by atoms with E-state index in [0.717, 1.165) is 16.8 Å². The lowest BCUT2D eigenvalue weighted by atomic mass is 10.1. The van der Waals surface area contributed by atoms with E-state index in [-0.39, 0.29) is 18.3 Å². The van der Waals surface area contributed by atoms with Crippen molar-refractivity contribution < 1.29 is 9.84 Å². The van der Waals surface area contributed by atoms with Crippen LogP contribution < -0.4 is 4.74 Å². The molecule has 0 amide bonds. The number of azo groups is 1. The van der Waals surface area contributed by atoms with Crippen LogP contribution in [0.3, 0.4) is 0 Å². The van der Waals surface area contributed by atoms with E-state index < -0.39 is 0 Å². The third-order valence-electron chi connectivity index (χ3n) is 4.63. The molecule has 0 saturated carbocycles. The molecule has 3 heterocycles. The minimum Gasteiger partial charge on any atom is -0.508 e. The van der Waals surface area contributed by atoms with E-state index in [1.54, 1.807) is 30.7 Å². The Balaban J connectivity index is 1.53. The molecule has 3 aromatic heterocycles. The van der Waals surface area contributed by atoms with E-state index in [2.05, 4.69) is 30.2 Å². The highest BCUT2D eigenvalue weighted by molar-refractivity contribution is 5.61. The summed E-state index contributed by atoms with van der Waals surface area (Å²) in [5.74, 6) is 0.556. The number of phenols is 1. The number of ether oxygens (including phenoxy) is 1. The van der Waals surface area contributed by atoms with Gasteiger partial charge in [-0.1, -0.05) is 23.8 Å². The Morgan fingerprint density at radius 2 is 1.84 bits per heavy atom. The summed E-state index contributed by atoms with van der Waals surface area (Å²) in [5, 5.41) is 18.5. The molecular formula is C24H22N6O2. The Bertz CT molecular complexity index is 1200. The van der Waals surface area contributed by atoms with Gasteiger partial charge in [-0.05, 0) is 37.3 Å². The van der Waals surface area contributed by atoms with Crippen LogP contribution in [0.4, 0.5) is 5.82 Å². The van der Waals surface area contributed by atoms with Crippen molar-refractivity contribution in [1.82, 2.24) is 19.9 Å². The van der Waals surface area contributed by atoms with Crippen LogP contribution in [0, 0.1) is 6.92 Å². The first-order valence-electron chi connectivity index (χ1n) is 10.2. The minimum atomic E-state index is 0.188. The average molecular weight is 426 g/mol. The van der Waals surface area contributed by atoms with Crippen LogP contribution in [0.15, 0.2) is 83.4 Å². The fourth-order valence-corrected chi connectivity index (χ4v) is 3.02. The van der Waals surface area contributed by atoms with Gasteiger partial charge in [0, 0.05) is 47.9 Å². The standard InChI is InChI=1S/C24H22N6O2/c1-17-5-6-22(31)19(14-17)16-27-30-23-15-21(18-7-11-25-12-8-18)28-24(29-23)32-13-9-20-4-2-3-10-26-20/h2-8,10-12,14-15,31H,9,13,16H2,1H3. The van der Waals surface area contributed by atoms with Gasteiger partial charge in [0.1, 0.15) is 5.75 Å². The van der Waals surface area contributed by atoms with E-state index in [4.69, 9.17) is 4.74 Å². The molecule has 0 aliphatic heterocycles. The zero-order valence-electron chi connectivity index (χ0n) is 17.6. The second-order valence-corrected chi connectivity index (χ2v) is 7.08. The van der Waals surface area contributed by atoms with Crippen LogP contribution in [-0.2, 0) is 13.0 Å². The number of nitrogens with zero attached hydrogens (tertiary/aromatic N) is 6. The molecule has 4 aromatic rings. The summed E-state index contributed by atoms with van der Waals surface area (Å²) < 4.78 is 5.79. The fraction of sp³-hybridized carbons (Fsp3) is 0.167. The molecule has 8 heteroatoms. The van der Waals surface area contributed by atoms with Crippen LogP contribution in [-0.4, -0.2) is 31.6 Å². The highest BCUT2D eigenvalue weighted by atomic mass is 16.5. The van der Waals surface area contributed by atoms with E-state index >= 15 is 0 Å². The lowest BCUT2D eigenvalue weighted by Gasteiger charge is -2.07. The summed E-state index contributed by atoms with van der Waals surface area (Å²) in [5.41, 5.74) is 4.19. The van der Waals surface area contributed by atoms with Gasteiger partial charge in [0.2, 0.25) is 0 Å². The summed E-state index contributed by atoms with van der Waals surface area (Å²) in [7, 11) is 0. The van der Waals surface area contributed by atoms with Gasteiger partial charge in [0.25, 0.3) is 0 Å². The first-order chi connectivity index (χ1) is 15.7. The lowest BCUT2D eigenvalue weighted by molar-refractivity contribution is 0.295. The van der Waals surface area contributed by atoms with Crippen molar-refractivity contribution in [3.63, 3.8) is 0 Å². The predicted molar refractivity (Wildman–Crippen MR) is 120 cm³/mol. The first-order valence-corrected chi connectivity index (χ1v) is 10.2. The van der Waals surface area contributed by atoms with Crippen molar-refractivity contribution in [2.24, 2.45) is 10.2 Å². The van der Waals surface area contributed by atoms with Gasteiger partial charge in [0.05, 0.1) is 18.8 Å². The molecule has 0 aliphatic rings. The van der Waals surface area contributed by atoms with Gasteiger partial charge in [0.15, 0.2) is 5.82 Å². The highest BCUT2D eigenvalue weighted by Gasteiger charge is 2.09. The largest absolute Gasteiger partial charge is 0.508 e. The molecule has 4 rings (SSSR count). The lowest BCUT2D eigenvalue weighted by Crippen LogP contribution is -2.05. The Morgan fingerprint density at radius 1 is 0.969 bits per heavy atom. The molecule has 0 fully saturated rings. The Hall–Kier alpha value is -4.20. The smallest absolute Gasteiger partial charge is 0.319 e. The zero-order chi connectivity index (χ0) is 22.2. The quantitative estimate of drug-likeness (QED) is 0.404. The van der Waals surface area contributed by atoms with Gasteiger partial charge in [-0.3, -0.25) is 9.97 Å². The van der Waals surface area contributed by atoms with Gasteiger partial charge in [-0.2, -0.15) is 15.1 Å². The van der Waals surface area contributed by atoms with Crippen LogP contribution in [0.25, 0.3) is 11.3 Å². The number of aromatic nitrogens is 4. The number of hydrogen-bond acceptors (Lipinski definition) is 8. The molecule has 0 unspecified atom stereocenters. The van der Waals surface area contributed by atoms with Crippen molar-refractivity contribution in [2.75, 3.05) is 6.61 Å². The molecule has 0 bridgehead atoms. The molecule has 1 N–H and O–H groups in total. The number of phenolic OH excluding ortho intramolecular Hbond substituents is 1.